The molecule has 0 aromatic heterocycles. The number of carbonyl (C=O) groups excluding carboxylic acids is 4. The average Bonchev–Trinajstić information content (AvgIpc) is 2.95. The molecule has 5 rings (SSSR count). The van der Waals surface area contributed by atoms with Crippen molar-refractivity contribution >= 4 is 52.9 Å². The summed E-state index contributed by atoms with van der Waals surface area (Å²) in [5.74, 6) is -1.33. The number of carboxylic acid groups (broad SMARTS) is 1. The van der Waals surface area contributed by atoms with Crippen LogP contribution in [0.2, 0.25) is 5.02 Å². The zero-order valence-electron chi connectivity index (χ0n) is 24.7. The lowest BCUT2D eigenvalue weighted by Gasteiger charge is -2.46. The van der Waals surface area contributed by atoms with E-state index >= 15 is 0 Å². The molecule has 0 aliphatic carbocycles. The Kier molecular flexibility index (Phi) is 8.71. The van der Waals surface area contributed by atoms with E-state index in [-0.39, 0.29) is 30.5 Å². The van der Waals surface area contributed by atoms with Crippen LogP contribution in [0.25, 0.3) is 0 Å². The zero-order valence-corrected chi connectivity index (χ0v) is 25.5. The Labute approximate surface area is 259 Å². The molecule has 14 heteroatoms. The molecule has 5 amide bonds. The molecule has 13 nitrogen and oxygen atoms in total. The monoisotopic (exact) mass is 626 g/mol. The molecule has 2 fully saturated rings. The van der Waals surface area contributed by atoms with Crippen molar-refractivity contribution in [3.05, 3.63) is 58.6 Å². The first-order chi connectivity index (χ1) is 20.9. The lowest BCUT2D eigenvalue weighted by molar-refractivity contribution is -0.146. The molecular formula is C30H35ClN6O7. The number of likely N-dealkylation sites (N-methyl/N-ethyl adjacent to an activating group) is 1. The molecule has 2 aromatic rings. The predicted molar refractivity (Wildman–Crippen MR) is 162 cm³/mol. The second kappa shape index (κ2) is 12.3. The summed E-state index contributed by atoms with van der Waals surface area (Å²) in [4.78, 5) is 70.7. The third-order valence-electron chi connectivity index (χ3n) is 8.50. The molecule has 3 aliphatic rings. The lowest BCUT2D eigenvalue weighted by atomic mass is 9.83. The van der Waals surface area contributed by atoms with Gasteiger partial charge in [0.15, 0.2) is 5.60 Å². The summed E-state index contributed by atoms with van der Waals surface area (Å²) in [6.45, 7) is 1.40. The van der Waals surface area contributed by atoms with Crippen molar-refractivity contribution in [2.24, 2.45) is 0 Å². The summed E-state index contributed by atoms with van der Waals surface area (Å²) in [6, 6.07) is 9.95. The topological polar surface area (TPSA) is 152 Å². The third-order valence-corrected chi connectivity index (χ3v) is 8.73. The number of rotatable bonds is 7. The number of hydrogen-bond acceptors (Lipinski definition) is 7. The number of nitrogens with one attached hydrogen (secondary N) is 2. The van der Waals surface area contributed by atoms with Crippen LogP contribution in [0.5, 0.6) is 0 Å². The minimum atomic E-state index is -1.19. The largest absolute Gasteiger partial charge is 0.465 e. The molecule has 0 unspecified atom stereocenters. The smallest absolute Gasteiger partial charge is 0.412 e. The van der Waals surface area contributed by atoms with Crippen LogP contribution < -0.4 is 15.5 Å². The van der Waals surface area contributed by atoms with E-state index in [1.165, 1.54) is 36.2 Å². The molecule has 44 heavy (non-hydrogen) atoms. The molecule has 1 spiro atoms. The Morgan fingerprint density at radius 3 is 2.48 bits per heavy atom. The van der Waals surface area contributed by atoms with Gasteiger partial charge in [-0.3, -0.25) is 24.6 Å². The number of likely N-dealkylation sites (tertiary alicyclic amines) is 2. The standard InChI is InChI=1S/C30H35ClN6O7/c1-34(2)21-15-37(16-21)25(38)14-24(32-26(39)18-5-8-20(9-6-18)35(3)29(42)43)27(40)36-12-4-11-30(17-36)22-13-19(31)7-10-23(22)33-28(41)44-30/h5-10,13,21,24H,4,11-12,14-17H2,1-3H3,(H,32,39)(H,33,41)(H,42,43)/t24-,30-/m0/s1. The number of carbonyl (C=O) groups is 5. The molecule has 2 saturated heterocycles. The van der Waals surface area contributed by atoms with Gasteiger partial charge in [0.25, 0.3) is 5.91 Å². The van der Waals surface area contributed by atoms with Crippen LogP contribution in [0, 0.1) is 0 Å². The van der Waals surface area contributed by atoms with Crippen molar-refractivity contribution in [1.29, 1.82) is 0 Å². The summed E-state index contributed by atoms with van der Waals surface area (Å²) in [5.41, 5.74) is 0.615. The molecule has 3 heterocycles. The van der Waals surface area contributed by atoms with E-state index in [1.807, 2.05) is 19.0 Å². The van der Waals surface area contributed by atoms with Crippen LogP contribution in [0.4, 0.5) is 21.0 Å². The summed E-state index contributed by atoms with van der Waals surface area (Å²) in [7, 11) is 5.25. The molecule has 0 saturated carbocycles. The highest BCUT2D eigenvalue weighted by atomic mass is 35.5. The maximum absolute atomic E-state index is 14.1. The van der Waals surface area contributed by atoms with Gasteiger partial charge in [0.05, 0.1) is 18.7 Å². The predicted octanol–water partition coefficient (Wildman–Crippen LogP) is 2.80. The van der Waals surface area contributed by atoms with E-state index in [0.29, 0.717) is 54.4 Å². The van der Waals surface area contributed by atoms with Crippen LogP contribution >= 0.6 is 11.6 Å². The Bertz CT molecular complexity index is 1480. The van der Waals surface area contributed by atoms with Crippen molar-refractivity contribution in [2.45, 2.75) is 36.9 Å². The molecular weight excluding hydrogens is 592 g/mol. The fourth-order valence-electron chi connectivity index (χ4n) is 5.78. The van der Waals surface area contributed by atoms with Crippen LogP contribution in [0.1, 0.15) is 35.2 Å². The van der Waals surface area contributed by atoms with Gasteiger partial charge < -0.3 is 29.9 Å². The van der Waals surface area contributed by atoms with Crippen LogP contribution in [0.3, 0.4) is 0 Å². The van der Waals surface area contributed by atoms with E-state index in [9.17, 15) is 29.1 Å². The van der Waals surface area contributed by atoms with Crippen molar-refractivity contribution < 1.29 is 33.8 Å². The van der Waals surface area contributed by atoms with Crippen LogP contribution in [-0.2, 0) is 19.9 Å². The van der Waals surface area contributed by atoms with Gasteiger partial charge in [0.2, 0.25) is 11.8 Å². The quantitative estimate of drug-likeness (QED) is 0.424. The molecule has 3 aliphatic heterocycles. The first-order valence-electron chi connectivity index (χ1n) is 14.3. The SMILES string of the molecule is CN(C(=O)O)c1ccc(C(=O)N[C@@H](CC(=O)N2CC(N(C)C)C2)C(=O)N2CCC[C@@]3(C2)OC(=O)Nc2ccc(Cl)cc23)cc1. The number of halogens is 1. The van der Waals surface area contributed by atoms with Gasteiger partial charge in [-0.05, 0) is 69.4 Å². The lowest BCUT2D eigenvalue weighted by Crippen LogP contribution is -2.61. The Morgan fingerprint density at radius 2 is 1.82 bits per heavy atom. The van der Waals surface area contributed by atoms with Crippen molar-refractivity contribution in [3.8, 4) is 0 Å². The summed E-state index contributed by atoms with van der Waals surface area (Å²) < 4.78 is 5.82. The first kappa shape index (κ1) is 31.1. The number of anilines is 2. The van der Waals surface area contributed by atoms with Crippen molar-refractivity contribution in [3.63, 3.8) is 0 Å². The van der Waals surface area contributed by atoms with E-state index in [1.54, 1.807) is 23.1 Å². The second-order valence-electron chi connectivity index (χ2n) is 11.6. The van der Waals surface area contributed by atoms with Gasteiger partial charge >= 0.3 is 12.2 Å². The van der Waals surface area contributed by atoms with Gasteiger partial charge in [0.1, 0.15) is 6.04 Å². The van der Waals surface area contributed by atoms with Gasteiger partial charge in [-0.1, -0.05) is 11.6 Å². The Balaban J connectivity index is 1.37. The summed E-state index contributed by atoms with van der Waals surface area (Å²) >= 11 is 6.29. The number of piperidine rings is 1. The molecule has 0 radical (unpaired) electrons. The third kappa shape index (κ3) is 6.29. The highest BCUT2D eigenvalue weighted by Gasteiger charge is 2.47. The average molecular weight is 627 g/mol. The van der Waals surface area contributed by atoms with Gasteiger partial charge in [-0.15, -0.1) is 0 Å². The normalized spacial score (nSPS) is 20.2. The maximum atomic E-state index is 14.1. The number of amides is 5. The fourth-order valence-corrected chi connectivity index (χ4v) is 5.95. The van der Waals surface area contributed by atoms with Crippen LogP contribution in [0.15, 0.2) is 42.5 Å². The van der Waals surface area contributed by atoms with E-state index in [0.717, 1.165) is 4.90 Å². The molecule has 3 N–H and O–H groups in total. The maximum Gasteiger partial charge on any atom is 0.412 e. The number of fused-ring (bicyclic) bond motifs is 2. The van der Waals surface area contributed by atoms with Gasteiger partial charge in [-0.2, -0.15) is 0 Å². The highest BCUT2D eigenvalue weighted by molar-refractivity contribution is 6.30. The zero-order chi connectivity index (χ0) is 31.8. The Hall–Kier alpha value is -4.36. The minimum Gasteiger partial charge on any atom is -0.465 e. The highest BCUT2D eigenvalue weighted by Crippen LogP contribution is 2.43. The van der Waals surface area contributed by atoms with Gasteiger partial charge in [-0.25, -0.2) is 9.59 Å². The van der Waals surface area contributed by atoms with E-state index < -0.39 is 35.6 Å². The molecule has 234 valence electrons. The molecule has 2 atom stereocenters. The first-order valence-corrected chi connectivity index (χ1v) is 14.7. The minimum absolute atomic E-state index is 0.0236. The van der Waals surface area contributed by atoms with Crippen LogP contribution in [-0.4, -0.2) is 109 Å². The van der Waals surface area contributed by atoms with E-state index in [4.69, 9.17) is 16.3 Å². The summed E-state index contributed by atoms with van der Waals surface area (Å²) in [5, 5.41) is 15.1. The number of benzene rings is 2. The fraction of sp³-hybridized carbons (Fsp3) is 0.433. The summed E-state index contributed by atoms with van der Waals surface area (Å²) in [6.07, 6.45) is -1.08. The second-order valence-corrected chi connectivity index (χ2v) is 12.0. The van der Waals surface area contributed by atoms with Gasteiger partial charge in [0, 0.05) is 54.6 Å². The van der Waals surface area contributed by atoms with Crippen molar-refractivity contribution in [2.75, 3.05) is 57.5 Å². The van der Waals surface area contributed by atoms with E-state index in [2.05, 4.69) is 10.6 Å². The number of nitrogens with zero attached hydrogens (tertiary/aromatic N) is 4. The van der Waals surface area contributed by atoms with Crippen molar-refractivity contribution in [1.82, 2.24) is 20.0 Å². The number of hydrogen-bond donors (Lipinski definition) is 3. The Morgan fingerprint density at radius 1 is 1.11 bits per heavy atom. The molecule has 0 bridgehead atoms. The number of ether oxygens (including phenoxy) is 1. The molecule has 2 aromatic carbocycles.